The Bertz CT molecular complexity index is 1080. The molecule has 0 radical (unpaired) electrons. The highest BCUT2D eigenvalue weighted by molar-refractivity contribution is 8.00. The number of nitrogens with zero attached hydrogens (tertiary/aromatic N) is 1. The van der Waals surface area contributed by atoms with Crippen LogP contribution in [-0.2, 0) is 14.4 Å². The zero-order chi connectivity index (χ0) is 23.9. The SMILES string of the molecule is CC(=O)[C@]1(O)[C@@](O)(C(C)=O)CS[C@H](Oc2cc(F)ccc2-c2ccncc2)[C@@]1(O)C(C)=O. The molecule has 170 valence electrons. The molecule has 4 atom stereocenters. The van der Waals surface area contributed by atoms with Crippen LogP contribution in [0.1, 0.15) is 20.8 Å². The summed E-state index contributed by atoms with van der Waals surface area (Å²) in [7, 11) is 0. The number of benzene rings is 1. The molecule has 1 aliphatic rings. The van der Waals surface area contributed by atoms with Crippen molar-refractivity contribution in [1.29, 1.82) is 0 Å². The van der Waals surface area contributed by atoms with Gasteiger partial charge in [0.05, 0.1) is 0 Å². The van der Waals surface area contributed by atoms with Crippen molar-refractivity contribution in [1.82, 2.24) is 4.98 Å². The Hall–Kier alpha value is -2.66. The van der Waals surface area contributed by atoms with Crippen LogP contribution < -0.4 is 4.74 Å². The average Bonchev–Trinajstić information content (AvgIpc) is 2.74. The average molecular weight is 463 g/mol. The molecule has 0 saturated carbocycles. The first-order chi connectivity index (χ1) is 14.9. The fourth-order valence-corrected chi connectivity index (χ4v) is 5.40. The molecule has 0 bridgehead atoms. The smallest absolute Gasteiger partial charge is 0.208 e. The lowest BCUT2D eigenvalue weighted by molar-refractivity contribution is -0.235. The summed E-state index contributed by atoms with van der Waals surface area (Å²) < 4.78 is 19.9. The highest BCUT2D eigenvalue weighted by Crippen LogP contribution is 2.49. The molecule has 1 saturated heterocycles. The summed E-state index contributed by atoms with van der Waals surface area (Å²) in [6, 6.07) is 6.89. The minimum atomic E-state index is -3.20. The molecular weight excluding hydrogens is 441 g/mol. The predicted octanol–water partition coefficient (Wildman–Crippen LogP) is 1.30. The fraction of sp³-hybridized carbons (Fsp3) is 0.364. The van der Waals surface area contributed by atoms with Gasteiger partial charge >= 0.3 is 0 Å². The van der Waals surface area contributed by atoms with E-state index in [1.807, 2.05) is 0 Å². The van der Waals surface area contributed by atoms with Crippen molar-refractivity contribution in [3.05, 3.63) is 48.5 Å². The van der Waals surface area contributed by atoms with Crippen molar-refractivity contribution in [2.45, 2.75) is 43.0 Å². The van der Waals surface area contributed by atoms with E-state index >= 15 is 0 Å². The normalized spacial score (nSPS) is 29.9. The number of thioether (sulfide) groups is 1. The Morgan fingerprint density at radius 2 is 1.66 bits per heavy atom. The van der Waals surface area contributed by atoms with E-state index in [0.29, 0.717) is 22.9 Å². The number of halogens is 1. The number of pyridine rings is 1. The molecule has 0 amide bonds. The number of carbonyl (C=O) groups excluding carboxylic acids is 3. The molecule has 3 rings (SSSR count). The third-order valence-electron chi connectivity index (χ3n) is 5.73. The maximum atomic E-state index is 14.1. The second-order valence-electron chi connectivity index (χ2n) is 7.64. The number of aliphatic hydroxyl groups is 3. The van der Waals surface area contributed by atoms with Gasteiger partial charge in [0, 0.05) is 29.8 Å². The zero-order valence-electron chi connectivity index (χ0n) is 17.5. The lowest BCUT2D eigenvalue weighted by Gasteiger charge is -2.54. The van der Waals surface area contributed by atoms with Crippen LogP contribution in [0.4, 0.5) is 4.39 Å². The Morgan fingerprint density at radius 3 is 2.19 bits per heavy atom. The Balaban J connectivity index is 2.16. The van der Waals surface area contributed by atoms with E-state index < -0.39 is 51.2 Å². The summed E-state index contributed by atoms with van der Waals surface area (Å²) in [6.07, 6.45) is 3.01. The number of Topliss-reactive ketones (excluding diaryl/α,β-unsaturated/α-hetero) is 3. The third kappa shape index (κ3) is 3.43. The summed E-state index contributed by atoms with van der Waals surface area (Å²) in [4.78, 5) is 41.2. The lowest BCUT2D eigenvalue weighted by Crippen LogP contribution is -2.82. The molecule has 1 aromatic carbocycles. The van der Waals surface area contributed by atoms with Gasteiger partial charge in [0.2, 0.25) is 5.60 Å². The molecule has 1 fully saturated rings. The van der Waals surface area contributed by atoms with Crippen LogP contribution in [0.3, 0.4) is 0 Å². The number of rotatable bonds is 6. The molecule has 0 aliphatic carbocycles. The summed E-state index contributed by atoms with van der Waals surface area (Å²) >= 11 is 0.647. The molecule has 0 spiro atoms. The van der Waals surface area contributed by atoms with Gasteiger partial charge in [-0.3, -0.25) is 19.4 Å². The van der Waals surface area contributed by atoms with Crippen LogP contribution in [0.15, 0.2) is 42.7 Å². The molecule has 3 N–H and O–H groups in total. The molecule has 32 heavy (non-hydrogen) atoms. The third-order valence-corrected chi connectivity index (χ3v) is 7.06. The van der Waals surface area contributed by atoms with Gasteiger partial charge in [-0.2, -0.15) is 0 Å². The number of hydrogen-bond donors (Lipinski definition) is 3. The summed E-state index contributed by atoms with van der Waals surface area (Å²) in [5, 5.41) is 33.5. The first kappa shape index (κ1) is 24.0. The van der Waals surface area contributed by atoms with Crippen molar-refractivity contribution in [2.24, 2.45) is 0 Å². The van der Waals surface area contributed by atoms with Crippen molar-refractivity contribution in [3.63, 3.8) is 0 Å². The van der Waals surface area contributed by atoms with E-state index in [1.165, 1.54) is 24.5 Å². The molecule has 0 unspecified atom stereocenters. The molecule has 1 aromatic heterocycles. The van der Waals surface area contributed by atoms with E-state index in [9.17, 15) is 34.1 Å². The number of carbonyl (C=O) groups is 3. The van der Waals surface area contributed by atoms with E-state index in [-0.39, 0.29) is 5.75 Å². The second kappa shape index (κ2) is 8.36. The minimum Gasteiger partial charge on any atom is -0.475 e. The number of aromatic nitrogens is 1. The fourth-order valence-electron chi connectivity index (χ4n) is 3.84. The number of ether oxygens (including phenoxy) is 1. The first-order valence-electron chi connectivity index (χ1n) is 9.58. The van der Waals surface area contributed by atoms with Gasteiger partial charge in [-0.15, -0.1) is 11.8 Å². The van der Waals surface area contributed by atoms with Crippen LogP contribution in [0.5, 0.6) is 5.75 Å². The van der Waals surface area contributed by atoms with Gasteiger partial charge in [0.25, 0.3) is 0 Å². The topological polar surface area (TPSA) is 134 Å². The quantitative estimate of drug-likeness (QED) is 0.579. The van der Waals surface area contributed by atoms with Crippen LogP contribution in [-0.4, -0.2) is 65.6 Å². The number of ketones is 3. The van der Waals surface area contributed by atoms with Gasteiger partial charge in [-0.05, 0) is 50.6 Å². The standard InChI is InChI=1S/C22H22FNO7S/c1-12(25)20(28)11-32-19(21(29,13(2)26)22(20,30)14(3)27)31-18-10-16(23)4-5-17(18)15-6-8-24-9-7-15/h4-10,19,28-30H,11H2,1-3H3/t19-,20-,21-,22-/m0/s1. The molecular formula is C22H22FNO7S. The van der Waals surface area contributed by atoms with E-state index in [2.05, 4.69) is 4.98 Å². The Labute approximate surface area is 187 Å². The van der Waals surface area contributed by atoms with Gasteiger partial charge in [0.15, 0.2) is 34.0 Å². The van der Waals surface area contributed by atoms with Crippen molar-refractivity contribution in [3.8, 4) is 16.9 Å². The largest absolute Gasteiger partial charge is 0.475 e. The highest BCUT2D eigenvalue weighted by atomic mass is 32.2. The summed E-state index contributed by atoms with van der Waals surface area (Å²) in [5.41, 5.74) is -9.65. The zero-order valence-corrected chi connectivity index (χ0v) is 18.4. The highest BCUT2D eigenvalue weighted by Gasteiger charge is 2.75. The molecule has 2 aromatic rings. The molecule has 2 heterocycles. The number of hydrogen-bond acceptors (Lipinski definition) is 9. The van der Waals surface area contributed by atoms with E-state index in [0.717, 1.165) is 26.8 Å². The first-order valence-corrected chi connectivity index (χ1v) is 10.6. The van der Waals surface area contributed by atoms with Crippen LogP contribution >= 0.6 is 11.8 Å². The van der Waals surface area contributed by atoms with Gasteiger partial charge in [-0.1, -0.05) is 0 Å². The van der Waals surface area contributed by atoms with Crippen molar-refractivity contribution in [2.75, 3.05) is 5.75 Å². The van der Waals surface area contributed by atoms with Crippen LogP contribution in [0, 0.1) is 5.82 Å². The second-order valence-corrected chi connectivity index (χ2v) is 8.69. The predicted molar refractivity (Wildman–Crippen MR) is 113 cm³/mol. The van der Waals surface area contributed by atoms with Gasteiger partial charge in [-0.25, -0.2) is 4.39 Å². The Kier molecular flexibility index (Phi) is 6.27. The van der Waals surface area contributed by atoms with Crippen LogP contribution in [0.2, 0.25) is 0 Å². The maximum absolute atomic E-state index is 14.1. The molecule has 8 nitrogen and oxygen atoms in total. The summed E-state index contributed by atoms with van der Waals surface area (Å²) in [6.45, 7) is 2.68. The maximum Gasteiger partial charge on any atom is 0.208 e. The van der Waals surface area contributed by atoms with Gasteiger partial charge in [0.1, 0.15) is 11.6 Å². The minimum absolute atomic E-state index is 0.0902. The molecule has 1 aliphatic heterocycles. The monoisotopic (exact) mass is 463 g/mol. The van der Waals surface area contributed by atoms with Crippen LogP contribution in [0.25, 0.3) is 11.1 Å². The summed E-state index contributed by atoms with van der Waals surface area (Å²) in [5.74, 6) is -4.65. The van der Waals surface area contributed by atoms with Gasteiger partial charge < -0.3 is 20.1 Å². The van der Waals surface area contributed by atoms with E-state index in [1.54, 1.807) is 12.1 Å². The Morgan fingerprint density at radius 1 is 1.03 bits per heavy atom. The lowest BCUT2D eigenvalue weighted by atomic mass is 9.65. The van der Waals surface area contributed by atoms with E-state index in [4.69, 9.17) is 4.74 Å². The van der Waals surface area contributed by atoms with Crippen molar-refractivity contribution < 1.29 is 38.8 Å². The molecule has 10 heteroatoms. The van der Waals surface area contributed by atoms with Crippen molar-refractivity contribution >= 4 is 29.1 Å².